The molecule has 30 valence electrons. The van der Waals surface area contributed by atoms with Gasteiger partial charge < -0.3 is 0 Å². The molecule has 2 radical (unpaired) electrons. The molecule has 0 atom stereocenters. The van der Waals surface area contributed by atoms with Crippen molar-refractivity contribution in [2.75, 3.05) is 0 Å². The minimum Gasteiger partial charge on any atom is -0.103 e. The zero-order chi connectivity index (χ0) is 3.41. The zero-order valence-electron chi connectivity index (χ0n) is 3.40. The third-order valence-electron chi connectivity index (χ3n) is 0.289. The average Bonchev–Trinajstić information content (AvgIpc) is 1.37. The van der Waals surface area contributed by atoms with Crippen molar-refractivity contribution >= 4 is 0 Å². The highest BCUT2D eigenvalue weighted by atomic mass is 16.0. The first kappa shape index (κ1) is 8.83. The number of hydrogen-bond donors (Lipinski definition) is 0. The van der Waals surface area contributed by atoms with E-state index in [0.29, 0.717) is 0 Å². The lowest BCUT2D eigenvalue weighted by Crippen LogP contribution is -1.36. The van der Waals surface area contributed by atoms with Crippen LogP contribution in [0.1, 0.15) is 13.3 Å². The predicted molar refractivity (Wildman–Crippen MR) is 21.2 cm³/mol. The Morgan fingerprint density at radius 1 is 1.80 bits per heavy atom. The Kier molecular flexibility index (Phi) is 16.5. The molecule has 0 aliphatic carbocycles. The van der Waals surface area contributed by atoms with Crippen LogP contribution in [0.2, 0.25) is 0 Å². The highest BCUT2D eigenvalue weighted by Gasteiger charge is 1.45. The van der Waals surface area contributed by atoms with E-state index in [0.717, 1.165) is 6.42 Å². The van der Waals surface area contributed by atoms with E-state index < -0.39 is 0 Å². The molecule has 0 saturated heterocycles. The van der Waals surface area contributed by atoms with Crippen molar-refractivity contribution in [3.8, 4) is 0 Å². The molecular weight excluding hydrogens is 64.0 g/mol. The first-order valence-corrected chi connectivity index (χ1v) is 1.52. The maximum atomic E-state index is 3.48. The van der Waals surface area contributed by atoms with Crippen LogP contribution in [0, 0.1) is 0 Å². The molecule has 1 heteroatoms. The third-order valence-corrected chi connectivity index (χ3v) is 0.289. The molecule has 1 nitrogen and oxygen atoms in total. The topological polar surface area (TPSA) is 28.5 Å². The first-order valence-electron chi connectivity index (χ1n) is 1.52. The van der Waals surface area contributed by atoms with Gasteiger partial charge in [-0.1, -0.05) is 13.0 Å². The van der Waals surface area contributed by atoms with Crippen molar-refractivity contribution in [2.45, 2.75) is 13.3 Å². The van der Waals surface area contributed by atoms with Gasteiger partial charge in [-0.2, -0.15) is 0 Å². The van der Waals surface area contributed by atoms with Gasteiger partial charge in [-0.25, -0.2) is 0 Å². The Hall–Kier alpha value is -0.300. The van der Waals surface area contributed by atoms with E-state index >= 15 is 0 Å². The summed E-state index contributed by atoms with van der Waals surface area (Å²) < 4.78 is 0. The summed E-state index contributed by atoms with van der Waals surface area (Å²) in [6, 6.07) is 0. The van der Waals surface area contributed by atoms with Crippen molar-refractivity contribution < 1.29 is 5.48 Å². The van der Waals surface area contributed by atoms with Gasteiger partial charge in [-0.15, -0.1) is 6.58 Å². The van der Waals surface area contributed by atoms with Crippen molar-refractivity contribution in [1.29, 1.82) is 0 Å². The Balaban J connectivity index is 0. The Morgan fingerprint density at radius 3 is 2.00 bits per heavy atom. The standard InChI is InChI=1S/C4H8.O/c1-3-4-2;/h3H,1,4H2,2H3;. The molecule has 0 fully saturated rings. The summed E-state index contributed by atoms with van der Waals surface area (Å²) in [5.74, 6) is 0. The third kappa shape index (κ3) is 21.8. The predicted octanol–water partition coefficient (Wildman–Crippen LogP) is 1.46. The zero-order valence-corrected chi connectivity index (χ0v) is 3.40. The molecule has 0 N–H and O–H groups in total. The van der Waals surface area contributed by atoms with Crippen LogP contribution in [0.15, 0.2) is 12.7 Å². The van der Waals surface area contributed by atoms with Gasteiger partial charge in [0.1, 0.15) is 0 Å². The molecule has 0 aromatic carbocycles. The second-order valence-electron chi connectivity index (χ2n) is 0.697. The van der Waals surface area contributed by atoms with Crippen LogP contribution in [0.4, 0.5) is 0 Å². The van der Waals surface area contributed by atoms with Gasteiger partial charge in [0.15, 0.2) is 0 Å². The van der Waals surface area contributed by atoms with E-state index in [1.165, 1.54) is 0 Å². The van der Waals surface area contributed by atoms with Crippen LogP contribution >= 0.6 is 0 Å². The molecule has 0 heterocycles. The highest BCUT2D eigenvalue weighted by molar-refractivity contribution is 4.60. The lowest BCUT2D eigenvalue weighted by molar-refractivity contribution is 0.686. The number of allylic oxidation sites excluding steroid dienone is 1. The van der Waals surface area contributed by atoms with Gasteiger partial charge in [0, 0.05) is 5.48 Å². The van der Waals surface area contributed by atoms with Crippen LogP contribution in [0.5, 0.6) is 0 Å². The molecule has 0 rings (SSSR count). The molecule has 0 aliphatic rings. The Bertz CT molecular complexity index is 17.6. The summed E-state index contributed by atoms with van der Waals surface area (Å²) in [5, 5.41) is 0. The molecule has 0 unspecified atom stereocenters. The summed E-state index contributed by atoms with van der Waals surface area (Å²) >= 11 is 0. The van der Waals surface area contributed by atoms with Crippen LogP contribution in [0.3, 0.4) is 0 Å². The van der Waals surface area contributed by atoms with Gasteiger partial charge in [0.2, 0.25) is 0 Å². The van der Waals surface area contributed by atoms with Gasteiger partial charge in [0.25, 0.3) is 0 Å². The average molecular weight is 72.1 g/mol. The number of hydrogen-bond acceptors (Lipinski definition) is 0. The smallest absolute Gasteiger partial charge is 0 e. The molecule has 0 aromatic rings. The first-order chi connectivity index (χ1) is 1.91. The van der Waals surface area contributed by atoms with Gasteiger partial charge in [-0.3, -0.25) is 0 Å². The van der Waals surface area contributed by atoms with Crippen molar-refractivity contribution in [1.82, 2.24) is 0 Å². The molecule has 5 heavy (non-hydrogen) atoms. The largest absolute Gasteiger partial charge is 0.103 e. The molecule has 0 bridgehead atoms. The van der Waals surface area contributed by atoms with E-state index in [9.17, 15) is 0 Å². The molecule has 0 aliphatic heterocycles. The molecule has 0 aromatic heterocycles. The van der Waals surface area contributed by atoms with Gasteiger partial charge in [0.05, 0.1) is 0 Å². The van der Waals surface area contributed by atoms with Crippen molar-refractivity contribution in [2.24, 2.45) is 0 Å². The van der Waals surface area contributed by atoms with Crippen molar-refractivity contribution in [3.63, 3.8) is 0 Å². The maximum absolute atomic E-state index is 3.48. The Labute approximate surface area is 32.6 Å². The fourth-order valence-corrected chi connectivity index (χ4v) is 0. The van der Waals surface area contributed by atoms with Crippen LogP contribution in [0.25, 0.3) is 0 Å². The highest BCUT2D eigenvalue weighted by Crippen LogP contribution is 1.66. The van der Waals surface area contributed by atoms with Crippen LogP contribution in [-0.2, 0) is 5.48 Å². The van der Waals surface area contributed by atoms with E-state index in [1.807, 2.05) is 6.08 Å². The van der Waals surface area contributed by atoms with Gasteiger partial charge >= 0.3 is 0 Å². The van der Waals surface area contributed by atoms with Gasteiger partial charge in [-0.05, 0) is 6.42 Å². The normalized spacial score (nSPS) is 5.00. The fraction of sp³-hybridized carbons (Fsp3) is 0.500. The van der Waals surface area contributed by atoms with Crippen LogP contribution in [-0.4, -0.2) is 0 Å². The molecule has 0 saturated carbocycles. The Morgan fingerprint density at radius 2 is 2.00 bits per heavy atom. The van der Waals surface area contributed by atoms with E-state index in [1.54, 1.807) is 0 Å². The van der Waals surface area contributed by atoms with E-state index in [2.05, 4.69) is 13.5 Å². The van der Waals surface area contributed by atoms with E-state index in [4.69, 9.17) is 0 Å². The number of rotatable bonds is 1. The summed E-state index contributed by atoms with van der Waals surface area (Å²) in [6.45, 7) is 5.54. The summed E-state index contributed by atoms with van der Waals surface area (Å²) in [5.41, 5.74) is 0. The lowest BCUT2D eigenvalue weighted by Gasteiger charge is -1.57. The second kappa shape index (κ2) is 9.33. The summed E-state index contributed by atoms with van der Waals surface area (Å²) in [4.78, 5) is 0. The summed E-state index contributed by atoms with van der Waals surface area (Å²) in [6.07, 6.45) is 2.96. The fourth-order valence-electron chi connectivity index (χ4n) is 0. The lowest BCUT2D eigenvalue weighted by atomic mass is 10.5. The SMILES string of the molecule is C=CCC.[O]. The summed E-state index contributed by atoms with van der Waals surface area (Å²) in [7, 11) is 0. The molecule has 0 amide bonds. The second-order valence-corrected chi connectivity index (χ2v) is 0.697. The molecular formula is C4H8O. The monoisotopic (exact) mass is 72.1 g/mol. The maximum Gasteiger partial charge on any atom is 0 e. The minimum atomic E-state index is 0. The van der Waals surface area contributed by atoms with E-state index in [-0.39, 0.29) is 5.48 Å². The van der Waals surface area contributed by atoms with Crippen LogP contribution < -0.4 is 0 Å². The minimum absolute atomic E-state index is 0. The molecule has 0 spiro atoms. The van der Waals surface area contributed by atoms with Crippen molar-refractivity contribution in [3.05, 3.63) is 12.7 Å². The quantitative estimate of drug-likeness (QED) is 0.419.